The number of nitrogen functional groups attached to an aromatic ring is 1. The molecule has 1 aromatic carbocycles. The van der Waals surface area contributed by atoms with Gasteiger partial charge in [0.15, 0.2) is 0 Å². The normalized spacial score (nSPS) is 12.5. The molecule has 0 aliphatic rings. The van der Waals surface area contributed by atoms with Crippen molar-refractivity contribution in [3.05, 3.63) is 29.6 Å². The lowest BCUT2D eigenvalue weighted by Crippen LogP contribution is -2.39. The first kappa shape index (κ1) is 13.4. The Morgan fingerprint density at radius 1 is 1.53 bits per heavy atom. The van der Waals surface area contributed by atoms with E-state index < -0.39 is 5.82 Å². The number of likely N-dealkylation sites (N-methyl/N-ethyl adjacent to an activating group) is 1. The van der Waals surface area contributed by atoms with E-state index in [2.05, 4.69) is 5.32 Å². The van der Waals surface area contributed by atoms with Gasteiger partial charge in [0.1, 0.15) is 5.82 Å². The zero-order chi connectivity index (χ0) is 13.0. The van der Waals surface area contributed by atoms with Gasteiger partial charge in [-0.1, -0.05) is 0 Å². The second-order valence-electron chi connectivity index (χ2n) is 4.37. The summed E-state index contributed by atoms with van der Waals surface area (Å²) in [5.41, 5.74) is 6.08. The molecule has 1 rings (SSSR count). The Hall–Kier alpha value is -1.62. The van der Waals surface area contributed by atoms with E-state index in [0.29, 0.717) is 6.54 Å². The van der Waals surface area contributed by atoms with Crippen LogP contribution in [0, 0.1) is 5.82 Å². The van der Waals surface area contributed by atoms with Crippen LogP contribution in [-0.4, -0.2) is 37.5 Å². The number of anilines is 1. The molecule has 1 aromatic rings. The minimum absolute atomic E-state index is 0.0276. The van der Waals surface area contributed by atoms with E-state index in [1.165, 1.54) is 12.1 Å². The van der Waals surface area contributed by atoms with Gasteiger partial charge in [0.05, 0.1) is 5.56 Å². The number of halogens is 1. The molecule has 0 saturated carbocycles. The molecule has 3 N–H and O–H groups in total. The number of nitrogens with zero attached hydrogens (tertiary/aromatic N) is 1. The Morgan fingerprint density at radius 2 is 2.18 bits per heavy atom. The highest BCUT2D eigenvalue weighted by Crippen LogP contribution is 2.13. The largest absolute Gasteiger partial charge is 0.398 e. The molecule has 17 heavy (non-hydrogen) atoms. The Balaban J connectivity index is 2.73. The van der Waals surface area contributed by atoms with Crippen LogP contribution in [0.15, 0.2) is 18.2 Å². The van der Waals surface area contributed by atoms with E-state index in [1.54, 1.807) is 0 Å². The fourth-order valence-corrected chi connectivity index (χ4v) is 1.62. The van der Waals surface area contributed by atoms with Crippen molar-refractivity contribution in [3.8, 4) is 0 Å². The van der Waals surface area contributed by atoms with E-state index in [9.17, 15) is 9.18 Å². The van der Waals surface area contributed by atoms with Gasteiger partial charge in [-0.2, -0.15) is 0 Å². The van der Waals surface area contributed by atoms with Crippen LogP contribution in [0.5, 0.6) is 0 Å². The molecule has 0 saturated heterocycles. The van der Waals surface area contributed by atoms with Crippen molar-refractivity contribution < 1.29 is 9.18 Å². The summed E-state index contributed by atoms with van der Waals surface area (Å²) < 4.78 is 13.0. The third-order valence-electron chi connectivity index (χ3n) is 2.28. The van der Waals surface area contributed by atoms with Crippen molar-refractivity contribution in [1.29, 1.82) is 0 Å². The van der Waals surface area contributed by atoms with Gasteiger partial charge < -0.3 is 16.0 Å². The van der Waals surface area contributed by atoms with E-state index in [1.807, 2.05) is 25.9 Å². The molecule has 94 valence electrons. The van der Waals surface area contributed by atoms with Crippen LogP contribution < -0.4 is 11.1 Å². The molecular weight excluding hydrogens is 221 g/mol. The first-order valence-electron chi connectivity index (χ1n) is 5.40. The SMILES string of the molecule is CC(CN(C)C)NC(=O)c1cc(F)ccc1N. The zero-order valence-corrected chi connectivity index (χ0v) is 10.3. The average Bonchev–Trinajstić information content (AvgIpc) is 2.20. The molecular formula is C12H18FN3O. The summed E-state index contributed by atoms with van der Waals surface area (Å²) in [6.45, 7) is 2.59. The fraction of sp³-hybridized carbons (Fsp3) is 0.417. The van der Waals surface area contributed by atoms with E-state index >= 15 is 0 Å². The molecule has 1 amide bonds. The van der Waals surface area contributed by atoms with Crippen molar-refractivity contribution in [3.63, 3.8) is 0 Å². The monoisotopic (exact) mass is 239 g/mol. The zero-order valence-electron chi connectivity index (χ0n) is 10.3. The van der Waals surface area contributed by atoms with Crippen LogP contribution in [0.4, 0.5) is 10.1 Å². The van der Waals surface area contributed by atoms with Crippen LogP contribution in [0.25, 0.3) is 0 Å². The molecule has 0 aliphatic heterocycles. The first-order chi connectivity index (χ1) is 7.90. The molecule has 0 aromatic heterocycles. The molecule has 4 nitrogen and oxygen atoms in total. The molecule has 1 atom stereocenters. The van der Waals surface area contributed by atoms with Gasteiger partial charge in [0, 0.05) is 18.3 Å². The second-order valence-corrected chi connectivity index (χ2v) is 4.37. The van der Waals surface area contributed by atoms with Crippen molar-refractivity contribution in [2.45, 2.75) is 13.0 Å². The molecule has 1 unspecified atom stereocenters. The maximum Gasteiger partial charge on any atom is 0.253 e. The van der Waals surface area contributed by atoms with Crippen LogP contribution in [0.2, 0.25) is 0 Å². The number of hydrogen-bond donors (Lipinski definition) is 2. The molecule has 0 fully saturated rings. The minimum atomic E-state index is -0.468. The Bertz CT molecular complexity index is 407. The number of rotatable bonds is 4. The van der Waals surface area contributed by atoms with Crippen LogP contribution in [0.1, 0.15) is 17.3 Å². The van der Waals surface area contributed by atoms with Gasteiger partial charge in [-0.25, -0.2) is 4.39 Å². The average molecular weight is 239 g/mol. The summed E-state index contributed by atoms with van der Waals surface area (Å²) in [4.78, 5) is 13.8. The van der Waals surface area contributed by atoms with Gasteiger partial charge in [-0.15, -0.1) is 0 Å². The fourth-order valence-electron chi connectivity index (χ4n) is 1.62. The van der Waals surface area contributed by atoms with Gasteiger partial charge in [-0.05, 0) is 39.2 Å². The van der Waals surface area contributed by atoms with E-state index in [4.69, 9.17) is 5.73 Å². The van der Waals surface area contributed by atoms with E-state index in [-0.39, 0.29) is 23.2 Å². The highest BCUT2D eigenvalue weighted by Gasteiger charge is 2.13. The lowest BCUT2D eigenvalue weighted by molar-refractivity contribution is 0.0935. The molecule has 5 heteroatoms. The highest BCUT2D eigenvalue weighted by molar-refractivity contribution is 5.99. The Kier molecular flexibility index (Phi) is 4.45. The number of benzene rings is 1. The number of carbonyl (C=O) groups excluding carboxylic acids is 1. The molecule has 0 radical (unpaired) electrons. The Labute approximate surface area is 101 Å². The Morgan fingerprint density at radius 3 is 2.76 bits per heavy atom. The van der Waals surface area contributed by atoms with Gasteiger partial charge >= 0.3 is 0 Å². The van der Waals surface area contributed by atoms with Crippen molar-refractivity contribution in [2.75, 3.05) is 26.4 Å². The summed E-state index contributed by atoms with van der Waals surface area (Å²) in [5, 5.41) is 2.77. The number of nitrogens with one attached hydrogen (secondary N) is 1. The highest BCUT2D eigenvalue weighted by atomic mass is 19.1. The molecule has 0 aliphatic carbocycles. The standard InChI is InChI=1S/C12H18FN3O/c1-8(7-16(2)3)15-12(17)10-6-9(13)4-5-11(10)14/h4-6,8H,7,14H2,1-3H3,(H,15,17). The predicted molar refractivity (Wildman–Crippen MR) is 66.3 cm³/mol. The summed E-state index contributed by atoms with van der Waals surface area (Å²) in [6, 6.07) is 3.74. The summed E-state index contributed by atoms with van der Waals surface area (Å²) in [7, 11) is 3.83. The minimum Gasteiger partial charge on any atom is -0.398 e. The topological polar surface area (TPSA) is 58.4 Å². The molecule has 0 heterocycles. The third kappa shape index (κ3) is 4.03. The number of nitrogens with two attached hydrogens (primary N) is 1. The summed E-state index contributed by atoms with van der Waals surface area (Å²) in [5.74, 6) is -0.819. The quantitative estimate of drug-likeness (QED) is 0.773. The number of carbonyl (C=O) groups is 1. The number of amides is 1. The van der Waals surface area contributed by atoms with Crippen LogP contribution in [-0.2, 0) is 0 Å². The molecule has 0 bridgehead atoms. The maximum absolute atomic E-state index is 13.0. The lowest BCUT2D eigenvalue weighted by Gasteiger charge is -2.18. The van der Waals surface area contributed by atoms with Crippen LogP contribution in [0.3, 0.4) is 0 Å². The van der Waals surface area contributed by atoms with Gasteiger partial charge in [0.2, 0.25) is 0 Å². The predicted octanol–water partition coefficient (Wildman–Crippen LogP) is 1.09. The van der Waals surface area contributed by atoms with E-state index in [0.717, 1.165) is 6.07 Å². The first-order valence-corrected chi connectivity index (χ1v) is 5.40. The van der Waals surface area contributed by atoms with Crippen molar-refractivity contribution in [2.24, 2.45) is 0 Å². The summed E-state index contributed by atoms with van der Waals surface area (Å²) in [6.07, 6.45) is 0. The van der Waals surface area contributed by atoms with Gasteiger partial charge in [-0.3, -0.25) is 4.79 Å². The maximum atomic E-state index is 13.0. The van der Waals surface area contributed by atoms with Gasteiger partial charge in [0.25, 0.3) is 5.91 Å². The summed E-state index contributed by atoms with van der Waals surface area (Å²) >= 11 is 0. The number of hydrogen-bond acceptors (Lipinski definition) is 3. The van der Waals surface area contributed by atoms with Crippen molar-refractivity contribution in [1.82, 2.24) is 10.2 Å². The second kappa shape index (κ2) is 5.63. The lowest BCUT2D eigenvalue weighted by atomic mass is 10.1. The molecule has 0 spiro atoms. The smallest absolute Gasteiger partial charge is 0.253 e. The van der Waals surface area contributed by atoms with Crippen LogP contribution >= 0.6 is 0 Å². The third-order valence-corrected chi connectivity index (χ3v) is 2.28. The van der Waals surface area contributed by atoms with Crippen molar-refractivity contribution >= 4 is 11.6 Å².